The summed E-state index contributed by atoms with van der Waals surface area (Å²) in [6, 6.07) is 5.79. The number of hydrogen-bond donors (Lipinski definition) is 0. The molecule has 0 N–H and O–H groups in total. The number of imidazole rings is 1. The lowest BCUT2D eigenvalue weighted by Gasteiger charge is -2.21. The van der Waals surface area contributed by atoms with Crippen molar-refractivity contribution in [2.24, 2.45) is 0 Å². The van der Waals surface area contributed by atoms with Gasteiger partial charge in [0, 0.05) is 18.6 Å². The zero-order chi connectivity index (χ0) is 17.2. The van der Waals surface area contributed by atoms with E-state index >= 15 is 0 Å². The molecule has 25 heavy (non-hydrogen) atoms. The molecule has 0 aliphatic rings. The van der Waals surface area contributed by atoms with Crippen molar-refractivity contribution in [2.45, 2.75) is 32.7 Å². The molecule has 0 aliphatic carbocycles. The second kappa shape index (κ2) is 6.43. The minimum atomic E-state index is -0.142. The lowest BCUT2D eigenvalue weighted by Crippen LogP contribution is -2.18. The Morgan fingerprint density at radius 1 is 1.12 bits per heavy atom. The first kappa shape index (κ1) is 15.4. The third kappa shape index (κ3) is 2.67. The summed E-state index contributed by atoms with van der Waals surface area (Å²) < 4.78 is 4.13. The third-order valence-electron chi connectivity index (χ3n) is 4.27. The van der Waals surface area contributed by atoms with E-state index < -0.39 is 0 Å². The molecule has 0 bridgehead atoms. The van der Waals surface area contributed by atoms with E-state index in [4.69, 9.17) is 4.98 Å². The van der Waals surface area contributed by atoms with Crippen LogP contribution in [0.4, 0.5) is 0 Å². The molecule has 0 spiro atoms. The average Bonchev–Trinajstić information content (AvgIpc) is 3.29. The molecular weight excluding hydrogens is 314 g/mol. The van der Waals surface area contributed by atoms with Gasteiger partial charge < -0.3 is 4.57 Å². The molecule has 126 valence electrons. The monoisotopic (exact) mass is 333 g/mol. The SMILES string of the molecule is CCCc1c(C(c2ccccn2)n2ccnc2)ncc2nnc(C)n12. The summed E-state index contributed by atoms with van der Waals surface area (Å²) in [5.74, 6) is 0.868. The topological polar surface area (TPSA) is 73.8 Å². The maximum atomic E-state index is 4.76. The van der Waals surface area contributed by atoms with Crippen molar-refractivity contribution < 1.29 is 0 Å². The summed E-state index contributed by atoms with van der Waals surface area (Å²) in [6.45, 7) is 4.13. The minimum Gasteiger partial charge on any atom is -0.323 e. The molecule has 0 amide bonds. The Morgan fingerprint density at radius 3 is 2.76 bits per heavy atom. The van der Waals surface area contributed by atoms with Gasteiger partial charge in [0.15, 0.2) is 5.65 Å². The third-order valence-corrected chi connectivity index (χ3v) is 4.27. The van der Waals surface area contributed by atoms with Crippen LogP contribution in [-0.2, 0) is 6.42 Å². The lowest BCUT2D eigenvalue weighted by atomic mass is 10.0. The van der Waals surface area contributed by atoms with Crippen LogP contribution in [0.2, 0.25) is 0 Å². The maximum absolute atomic E-state index is 4.76. The number of pyridine rings is 1. The molecule has 7 heteroatoms. The second-order valence-electron chi connectivity index (χ2n) is 5.95. The van der Waals surface area contributed by atoms with Gasteiger partial charge in [0.25, 0.3) is 0 Å². The van der Waals surface area contributed by atoms with Crippen molar-refractivity contribution in [1.82, 2.24) is 34.1 Å². The van der Waals surface area contributed by atoms with Crippen molar-refractivity contribution in [3.8, 4) is 0 Å². The summed E-state index contributed by atoms with van der Waals surface area (Å²) >= 11 is 0. The zero-order valence-corrected chi connectivity index (χ0v) is 14.2. The highest BCUT2D eigenvalue weighted by atomic mass is 15.3. The maximum Gasteiger partial charge on any atom is 0.179 e. The molecule has 7 nitrogen and oxygen atoms in total. The van der Waals surface area contributed by atoms with Crippen molar-refractivity contribution in [3.63, 3.8) is 0 Å². The van der Waals surface area contributed by atoms with Gasteiger partial charge in [-0.15, -0.1) is 10.2 Å². The van der Waals surface area contributed by atoms with E-state index in [1.807, 2.05) is 35.9 Å². The van der Waals surface area contributed by atoms with Crippen LogP contribution in [0, 0.1) is 6.92 Å². The Morgan fingerprint density at radius 2 is 2.04 bits per heavy atom. The van der Waals surface area contributed by atoms with E-state index in [0.717, 1.165) is 41.4 Å². The average molecular weight is 333 g/mol. The number of hydrogen-bond acceptors (Lipinski definition) is 5. The van der Waals surface area contributed by atoms with Gasteiger partial charge in [-0.1, -0.05) is 19.4 Å². The predicted molar refractivity (Wildman–Crippen MR) is 93.2 cm³/mol. The molecule has 0 aromatic carbocycles. The molecule has 4 rings (SSSR count). The summed E-state index contributed by atoms with van der Waals surface area (Å²) in [7, 11) is 0. The highest BCUT2D eigenvalue weighted by Crippen LogP contribution is 2.27. The first-order valence-corrected chi connectivity index (χ1v) is 8.37. The van der Waals surface area contributed by atoms with Gasteiger partial charge in [-0.25, -0.2) is 4.98 Å². The summed E-state index contributed by atoms with van der Waals surface area (Å²) in [6.07, 6.45) is 11.0. The van der Waals surface area contributed by atoms with Gasteiger partial charge in [0.1, 0.15) is 11.9 Å². The smallest absolute Gasteiger partial charge is 0.179 e. The van der Waals surface area contributed by atoms with Crippen LogP contribution >= 0.6 is 0 Å². The molecule has 1 atom stereocenters. The molecular formula is C18H19N7. The Bertz CT molecular complexity index is 974. The summed E-state index contributed by atoms with van der Waals surface area (Å²) in [5.41, 5.74) is 3.77. The fraction of sp³-hybridized carbons (Fsp3) is 0.278. The molecule has 4 aromatic rings. The fourth-order valence-electron chi connectivity index (χ4n) is 3.21. The lowest BCUT2D eigenvalue weighted by molar-refractivity contribution is 0.618. The van der Waals surface area contributed by atoms with Crippen LogP contribution in [0.15, 0.2) is 49.3 Å². The van der Waals surface area contributed by atoms with Crippen LogP contribution < -0.4 is 0 Å². The van der Waals surface area contributed by atoms with Gasteiger partial charge in [0.05, 0.1) is 29.6 Å². The number of rotatable bonds is 5. The Balaban J connectivity index is 1.99. The zero-order valence-electron chi connectivity index (χ0n) is 14.2. The first-order valence-electron chi connectivity index (χ1n) is 8.37. The molecule has 0 saturated carbocycles. The minimum absolute atomic E-state index is 0.142. The molecule has 0 aliphatic heterocycles. The second-order valence-corrected chi connectivity index (χ2v) is 5.95. The number of aromatic nitrogens is 7. The van der Waals surface area contributed by atoms with Crippen molar-refractivity contribution in [1.29, 1.82) is 0 Å². The van der Waals surface area contributed by atoms with E-state index in [9.17, 15) is 0 Å². The van der Waals surface area contributed by atoms with E-state index in [0.29, 0.717) is 0 Å². The van der Waals surface area contributed by atoms with Crippen molar-refractivity contribution >= 4 is 5.65 Å². The molecule has 4 aromatic heterocycles. The highest BCUT2D eigenvalue weighted by Gasteiger charge is 2.24. The van der Waals surface area contributed by atoms with E-state index in [2.05, 4.69) is 31.5 Å². The quantitative estimate of drug-likeness (QED) is 0.561. The van der Waals surface area contributed by atoms with E-state index in [1.165, 1.54) is 0 Å². The van der Waals surface area contributed by atoms with Gasteiger partial charge in [-0.2, -0.15) is 0 Å². The largest absolute Gasteiger partial charge is 0.323 e. The number of nitrogens with zero attached hydrogens (tertiary/aromatic N) is 7. The molecule has 0 fully saturated rings. The molecule has 0 radical (unpaired) electrons. The Kier molecular flexibility index (Phi) is 3.97. The fourth-order valence-corrected chi connectivity index (χ4v) is 3.21. The van der Waals surface area contributed by atoms with Crippen LogP contribution in [0.5, 0.6) is 0 Å². The number of aryl methyl sites for hydroxylation is 2. The van der Waals surface area contributed by atoms with Crippen LogP contribution in [0.3, 0.4) is 0 Å². The predicted octanol–water partition coefficient (Wildman–Crippen LogP) is 2.61. The van der Waals surface area contributed by atoms with Crippen molar-refractivity contribution in [2.75, 3.05) is 0 Å². The Labute approximate surface area is 145 Å². The number of fused-ring (bicyclic) bond motifs is 1. The normalized spacial score (nSPS) is 12.6. The standard InChI is InChI=1S/C18H19N7/c1-3-6-15-17(21-11-16-23-22-13(2)25(15)16)18(24-10-9-19-12-24)14-7-4-5-8-20-14/h4-5,7-12,18H,3,6H2,1-2H3. The Hall–Kier alpha value is -3.09. The van der Waals surface area contributed by atoms with Gasteiger partial charge in [-0.05, 0) is 25.5 Å². The molecule has 0 saturated heterocycles. The van der Waals surface area contributed by atoms with E-state index in [1.54, 1.807) is 24.9 Å². The summed E-state index contributed by atoms with van der Waals surface area (Å²) in [4.78, 5) is 13.5. The van der Waals surface area contributed by atoms with Crippen LogP contribution in [0.1, 0.15) is 42.3 Å². The van der Waals surface area contributed by atoms with Gasteiger partial charge >= 0.3 is 0 Å². The highest BCUT2D eigenvalue weighted by molar-refractivity contribution is 5.41. The van der Waals surface area contributed by atoms with Gasteiger partial charge in [-0.3, -0.25) is 14.4 Å². The van der Waals surface area contributed by atoms with Crippen molar-refractivity contribution in [3.05, 3.63) is 72.2 Å². The first-order chi connectivity index (χ1) is 12.3. The van der Waals surface area contributed by atoms with Gasteiger partial charge in [0.2, 0.25) is 0 Å². The summed E-state index contributed by atoms with van der Waals surface area (Å²) in [5, 5.41) is 8.43. The van der Waals surface area contributed by atoms with Crippen LogP contribution in [0.25, 0.3) is 5.65 Å². The molecule has 4 heterocycles. The van der Waals surface area contributed by atoms with Crippen LogP contribution in [-0.4, -0.2) is 34.1 Å². The van der Waals surface area contributed by atoms with E-state index in [-0.39, 0.29) is 6.04 Å². The molecule has 1 unspecified atom stereocenters.